The van der Waals surface area contributed by atoms with Gasteiger partial charge < -0.3 is 4.74 Å². The normalized spacial score (nSPS) is 12.0. The monoisotopic (exact) mass is 398 g/mol. The van der Waals surface area contributed by atoms with E-state index in [4.69, 9.17) is 4.74 Å². The maximum Gasteiger partial charge on any atom is 0.187 e. The second-order valence-electron chi connectivity index (χ2n) is 7.13. The molecule has 0 amide bonds. The van der Waals surface area contributed by atoms with Crippen LogP contribution in [0.15, 0.2) is 54.7 Å². The molecule has 0 aliphatic heterocycles. The number of Topliss-reactive ketones (excluding diaryl/α,β-unsaturated/α-hetero) is 1. The quantitative estimate of drug-likeness (QED) is 0.473. The van der Waals surface area contributed by atoms with Crippen LogP contribution < -0.4 is 4.74 Å². The number of hydrogen-bond acceptors (Lipinski definition) is 3. The smallest absolute Gasteiger partial charge is 0.187 e. The molecule has 1 aromatic heterocycles. The lowest BCUT2D eigenvalue weighted by atomic mass is 10.1. The number of para-hydroxylation sites is 1. The number of nitrogens with zero attached hydrogens (tertiary/aromatic N) is 2. The molecule has 6 heteroatoms. The highest BCUT2D eigenvalue weighted by atomic mass is 19.1. The molecule has 0 fully saturated rings. The lowest BCUT2D eigenvalue weighted by Gasteiger charge is -2.14. The van der Waals surface area contributed by atoms with Crippen LogP contribution in [0, 0.1) is 17.6 Å². The minimum atomic E-state index is -0.731. The topological polar surface area (TPSA) is 44.1 Å². The number of benzene rings is 2. The Morgan fingerprint density at radius 1 is 1.10 bits per heavy atom. The summed E-state index contributed by atoms with van der Waals surface area (Å²) in [5.41, 5.74) is 0.875. The molecule has 0 bridgehead atoms. The van der Waals surface area contributed by atoms with Gasteiger partial charge in [-0.15, -0.1) is 0 Å². The van der Waals surface area contributed by atoms with E-state index in [2.05, 4.69) is 18.9 Å². The molecular formula is C23H24F2N2O2. The molecule has 0 radical (unpaired) electrons. The predicted octanol–water partition coefficient (Wildman–Crippen LogP) is 5.06. The Kier molecular flexibility index (Phi) is 6.75. The number of halogens is 2. The fourth-order valence-electron chi connectivity index (χ4n) is 2.85. The minimum Gasteiger partial charge on any atom is -0.493 e. The van der Waals surface area contributed by atoms with E-state index in [9.17, 15) is 13.6 Å². The first-order valence-electron chi connectivity index (χ1n) is 9.68. The van der Waals surface area contributed by atoms with Gasteiger partial charge in [0.2, 0.25) is 0 Å². The molecule has 0 N–H and O–H groups in total. The second-order valence-corrected chi connectivity index (χ2v) is 7.13. The molecule has 3 aromatic rings. The number of carbonyl (C=O) groups is 1. The molecule has 0 aliphatic carbocycles. The number of ether oxygens (including phenoxy) is 1. The maximum atomic E-state index is 13.8. The lowest BCUT2D eigenvalue weighted by molar-refractivity contribution is 0.0985. The third kappa shape index (κ3) is 5.28. The van der Waals surface area contributed by atoms with Crippen molar-refractivity contribution in [2.75, 3.05) is 6.61 Å². The molecule has 1 unspecified atom stereocenters. The molecule has 2 aromatic carbocycles. The number of aromatic nitrogens is 2. The van der Waals surface area contributed by atoms with Crippen LogP contribution in [0.25, 0.3) is 0 Å². The SMILES string of the molecule is CCC(C)COc1ccccc1Cn1ccc(C(=O)Cc2c(F)cccc2F)n1. The van der Waals surface area contributed by atoms with Gasteiger partial charge in [0.05, 0.1) is 13.2 Å². The van der Waals surface area contributed by atoms with E-state index in [0.29, 0.717) is 19.1 Å². The molecule has 1 atom stereocenters. The van der Waals surface area contributed by atoms with Crippen LogP contribution in [-0.4, -0.2) is 22.2 Å². The number of ketones is 1. The van der Waals surface area contributed by atoms with Crippen molar-refractivity contribution >= 4 is 5.78 Å². The maximum absolute atomic E-state index is 13.8. The van der Waals surface area contributed by atoms with Gasteiger partial charge in [0.25, 0.3) is 0 Å². The van der Waals surface area contributed by atoms with Gasteiger partial charge >= 0.3 is 0 Å². The first kappa shape index (κ1) is 20.7. The lowest BCUT2D eigenvalue weighted by Crippen LogP contribution is -2.11. The van der Waals surface area contributed by atoms with Gasteiger partial charge in [0, 0.05) is 23.7 Å². The van der Waals surface area contributed by atoms with Gasteiger partial charge in [-0.25, -0.2) is 8.78 Å². The summed E-state index contributed by atoms with van der Waals surface area (Å²) in [4.78, 5) is 12.4. The van der Waals surface area contributed by atoms with Crippen molar-refractivity contribution in [2.24, 2.45) is 5.92 Å². The minimum absolute atomic E-state index is 0.172. The van der Waals surface area contributed by atoms with Crippen LogP contribution in [0.1, 0.15) is 41.9 Å². The van der Waals surface area contributed by atoms with Gasteiger partial charge in [-0.1, -0.05) is 44.5 Å². The molecule has 0 aliphatic rings. The predicted molar refractivity (Wildman–Crippen MR) is 107 cm³/mol. The highest BCUT2D eigenvalue weighted by Crippen LogP contribution is 2.21. The standard InChI is InChI=1S/C23H24F2N2O2/c1-3-16(2)15-29-23-10-5-4-7-17(23)14-27-12-11-21(26-27)22(28)13-18-19(24)8-6-9-20(18)25/h4-12,16H,3,13-15H2,1-2H3. The van der Waals surface area contributed by atoms with E-state index in [0.717, 1.165) is 29.9 Å². The summed E-state index contributed by atoms with van der Waals surface area (Å²) in [6, 6.07) is 12.8. The van der Waals surface area contributed by atoms with Crippen LogP contribution in [0.4, 0.5) is 8.78 Å². The molecule has 4 nitrogen and oxygen atoms in total. The Balaban J connectivity index is 1.70. The van der Waals surface area contributed by atoms with Crippen molar-refractivity contribution in [1.82, 2.24) is 9.78 Å². The molecule has 152 valence electrons. The largest absolute Gasteiger partial charge is 0.493 e. The van der Waals surface area contributed by atoms with E-state index >= 15 is 0 Å². The zero-order chi connectivity index (χ0) is 20.8. The number of carbonyl (C=O) groups excluding carboxylic acids is 1. The summed E-state index contributed by atoms with van der Waals surface area (Å²) < 4.78 is 35.1. The summed E-state index contributed by atoms with van der Waals surface area (Å²) in [6.07, 6.45) is 2.34. The average Bonchev–Trinajstić information content (AvgIpc) is 3.18. The van der Waals surface area contributed by atoms with Gasteiger partial charge in [-0.05, 0) is 30.2 Å². The third-order valence-electron chi connectivity index (χ3n) is 4.85. The van der Waals surface area contributed by atoms with Crippen molar-refractivity contribution in [1.29, 1.82) is 0 Å². The van der Waals surface area contributed by atoms with Crippen molar-refractivity contribution in [3.63, 3.8) is 0 Å². The van der Waals surface area contributed by atoms with Crippen molar-refractivity contribution in [2.45, 2.75) is 33.2 Å². The average molecular weight is 398 g/mol. The summed E-state index contributed by atoms with van der Waals surface area (Å²) in [5, 5.41) is 4.28. The molecular weight excluding hydrogens is 374 g/mol. The zero-order valence-corrected chi connectivity index (χ0v) is 16.6. The Morgan fingerprint density at radius 3 is 2.55 bits per heavy atom. The van der Waals surface area contributed by atoms with E-state index in [1.54, 1.807) is 16.9 Å². The number of rotatable bonds is 9. The van der Waals surface area contributed by atoms with Crippen LogP contribution in [0.5, 0.6) is 5.75 Å². The first-order chi connectivity index (χ1) is 14.0. The summed E-state index contributed by atoms with van der Waals surface area (Å²) in [5.74, 6) is -0.662. The Morgan fingerprint density at radius 2 is 1.83 bits per heavy atom. The van der Waals surface area contributed by atoms with Gasteiger partial charge in [-0.3, -0.25) is 9.48 Å². The van der Waals surface area contributed by atoms with Crippen LogP contribution >= 0.6 is 0 Å². The van der Waals surface area contributed by atoms with Crippen LogP contribution in [-0.2, 0) is 13.0 Å². The van der Waals surface area contributed by atoms with E-state index < -0.39 is 17.4 Å². The van der Waals surface area contributed by atoms with E-state index in [1.807, 2.05) is 24.3 Å². The highest BCUT2D eigenvalue weighted by Gasteiger charge is 2.17. The first-order valence-corrected chi connectivity index (χ1v) is 9.68. The van der Waals surface area contributed by atoms with Crippen molar-refractivity contribution in [3.8, 4) is 5.75 Å². The molecule has 29 heavy (non-hydrogen) atoms. The van der Waals surface area contributed by atoms with Crippen LogP contribution in [0.2, 0.25) is 0 Å². The number of hydrogen-bond donors (Lipinski definition) is 0. The van der Waals surface area contributed by atoms with Gasteiger partial charge in [0.1, 0.15) is 23.1 Å². The highest BCUT2D eigenvalue weighted by molar-refractivity contribution is 5.95. The second kappa shape index (κ2) is 9.45. The molecule has 0 saturated heterocycles. The van der Waals surface area contributed by atoms with E-state index in [1.165, 1.54) is 6.07 Å². The van der Waals surface area contributed by atoms with Crippen LogP contribution in [0.3, 0.4) is 0 Å². The Bertz CT molecular complexity index is 964. The molecule has 0 saturated carbocycles. The van der Waals surface area contributed by atoms with E-state index in [-0.39, 0.29) is 17.7 Å². The summed E-state index contributed by atoms with van der Waals surface area (Å²) in [7, 11) is 0. The summed E-state index contributed by atoms with van der Waals surface area (Å²) in [6.45, 7) is 5.31. The molecule has 1 heterocycles. The van der Waals surface area contributed by atoms with Gasteiger partial charge in [0.15, 0.2) is 5.78 Å². The Labute approximate surface area is 169 Å². The third-order valence-corrected chi connectivity index (χ3v) is 4.85. The fourth-order valence-corrected chi connectivity index (χ4v) is 2.85. The summed E-state index contributed by atoms with van der Waals surface area (Å²) >= 11 is 0. The zero-order valence-electron chi connectivity index (χ0n) is 16.6. The fraction of sp³-hybridized carbons (Fsp3) is 0.304. The Hall–Kier alpha value is -3.02. The van der Waals surface area contributed by atoms with Gasteiger partial charge in [-0.2, -0.15) is 5.10 Å². The van der Waals surface area contributed by atoms with Crippen molar-refractivity contribution < 1.29 is 18.3 Å². The molecule has 3 rings (SSSR count). The van der Waals surface area contributed by atoms with Crippen molar-refractivity contribution in [3.05, 3.63) is 83.2 Å². The molecule has 0 spiro atoms.